The number of nitrogens with zero attached hydrogens (tertiary/aromatic N) is 5. The molecule has 2 N–H and O–H groups in total. The molecule has 3 aromatic rings. The van der Waals surface area contributed by atoms with Crippen LogP contribution in [0.25, 0.3) is 11.0 Å². The molecule has 33 heavy (non-hydrogen) atoms. The minimum atomic E-state index is -0.576. The van der Waals surface area contributed by atoms with E-state index in [2.05, 4.69) is 39.5 Å². The molecule has 176 valence electrons. The van der Waals surface area contributed by atoms with Gasteiger partial charge in [0.15, 0.2) is 10.8 Å². The molecule has 0 bridgehead atoms. The highest BCUT2D eigenvalue weighted by molar-refractivity contribution is 7.99. The molecule has 0 spiro atoms. The first-order chi connectivity index (χ1) is 15.8. The van der Waals surface area contributed by atoms with Crippen LogP contribution in [0.4, 0.5) is 11.5 Å². The maximum atomic E-state index is 12.5. The number of aromatic nitrogens is 4. The smallest absolute Gasteiger partial charge is 0.270 e. The monoisotopic (exact) mass is 493 g/mol. The summed E-state index contributed by atoms with van der Waals surface area (Å²) in [6.45, 7) is 5.78. The van der Waals surface area contributed by atoms with Crippen LogP contribution in [0.1, 0.15) is 24.2 Å². The zero-order valence-electron chi connectivity index (χ0n) is 18.4. The van der Waals surface area contributed by atoms with Crippen molar-refractivity contribution in [2.24, 2.45) is 0 Å². The van der Waals surface area contributed by atoms with E-state index in [4.69, 9.17) is 16.3 Å². The van der Waals surface area contributed by atoms with Gasteiger partial charge < -0.3 is 15.4 Å². The summed E-state index contributed by atoms with van der Waals surface area (Å²) in [5.41, 5.74) is 0.470. The fourth-order valence-corrected chi connectivity index (χ4v) is 3.85. The predicted molar refractivity (Wildman–Crippen MR) is 127 cm³/mol. The zero-order chi connectivity index (χ0) is 24.0. The number of non-ortho nitro benzene ring substituents is 1. The number of benzene rings is 1. The molecule has 2 heterocycles. The van der Waals surface area contributed by atoms with Crippen LogP contribution in [0.15, 0.2) is 29.6 Å². The lowest BCUT2D eigenvalue weighted by Crippen LogP contribution is -2.28. The van der Waals surface area contributed by atoms with Gasteiger partial charge in [-0.1, -0.05) is 37.2 Å². The molecule has 0 atom stereocenters. The van der Waals surface area contributed by atoms with Crippen molar-refractivity contribution >= 4 is 51.8 Å². The number of anilines is 1. The first-order valence-electron chi connectivity index (χ1n) is 10.1. The molecule has 13 heteroatoms. The van der Waals surface area contributed by atoms with E-state index in [1.165, 1.54) is 23.9 Å². The lowest BCUT2D eigenvalue weighted by Gasteiger charge is -2.11. The number of thioether (sulfide) groups is 1. The van der Waals surface area contributed by atoms with Crippen LogP contribution in [-0.2, 0) is 11.3 Å². The number of hydrogen-bond donors (Lipinski definition) is 2. The summed E-state index contributed by atoms with van der Waals surface area (Å²) in [5, 5.41) is 23.2. The van der Waals surface area contributed by atoms with Crippen molar-refractivity contribution in [2.75, 3.05) is 32.1 Å². The van der Waals surface area contributed by atoms with Crippen molar-refractivity contribution in [1.29, 1.82) is 0 Å². The van der Waals surface area contributed by atoms with E-state index in [-0.39, 0.29) is 22.8 Å². The second-order valence-corrected chi connectivity index (χ2v) is 9.17. The van der Waals surface area contributed by atoms with Gasteiger partial charge in [-0.15, -0.1) is 0 Å². The molecule has 3 rings (SSSR count). The number of rotatable bonds is 11. The number of hydrogen-bond acceptors (Lipinski definition) is 9. The van der Waals surface area contributed by atoms with Crippen molar-refractivity contribution in [3.8, 4) is 0 Å². The fraction of sp³-hybridized carbons (Fsp3) is 0.400. The van der Waals surface area contributed by atoms with Gasteiger partial charge in [-0.3, -0.25) is 14.9 Å². The standard InChI is InChI=1S/C20H24ClN7O4S/c1-12(2)33-20-25-17(22-7-9-32-3)15-11-24-27(18(15)26-20)8-6-23-19(29)14-10-13(28(30)31)4-5-16(14)21/h4-5,10-12H,6-9H2,1-3H3,(H,23,29)(H,22,25,26). The molecular weight excluding hydrogens is 470 g/mol. The van der Waals surface area contributed by atoms with Crippen LogP contribution in [0, 0.1) is 10.1 Å². The second-order valence-electron chi connectivity index (χ2n) is 7.22. The molecule has 0 radical (unpaired) electrons. The van der Waals surface area contributed by atoms with E-state index in [0.29, 0.717) is 41.6 Å². The Morgan fingerprint density at radius 3 is 2.82 bits per heavy atom. The Morgan fingerprint density at radius 1 is 1.33 bits per heavy atom. The van der Waals surface area contributed by atoms with Gasteiger partial charge in [0.05, 0.1) is 40.2 Å². The summed E-state index contributed by atoms with van der Waals surface area (Å²) < 4.78 is 6.78. The topological polar surface area (TPSA) is 137 Å². The Bertz CT molecular complexity index is 1150. The van der Waals surface area contributed by atoms with E-state index in [9.17, 15) is 14.9 Å². The van der Waals surface area contributed by atoms with Crippen LogP contribution in [0.3, 0.4) is 0 Å². The van der Waals surface area contributed by atoms with Crippen LogP contribution >= 0.6 is 23.4 Å². The number of nitrogens with one attached hydrogen (secondary N) is 2. The first-order valence-corrected chi connectivity index (χ1v) is 11.4. The second kappa shape index (κ2) is 11.3. The average Bonchev–Trinajstić information content (AvgIpc) is 3.16. The number of carbonyl (C=O) groups excluding carboxylic acids is 1. The third kappa shape index (κ3) is 6.30. The van der Waals surface area contributed by atoms with E-state index in [0.717, 1.165) is 11.5 Å². The maximum absolute atomic E-state index is 12.5. The highest BCUT2D eigenvalue weighted by atomic mass is 35.5. The van der Waals surface area contributed by atoms with Gasteiger partial charge in [0, 0.05) is 37.6 Å². The van der Waals surface area contributed by atoms with Gasteiger partial charge in [0.1, 0.15) is 5.82 Å². The molecule has 0 unspecified atom stereocenters. The Labute approximate surface area is 199 Å². The number of halogens is 1. The van der Waals surface area contributed by atoms with E-state index < -0.39 is 10.8 Å². The van der Waals surface area contributed by atoms with Crippen molar-refractivity contribution < 1.29 is 14.5 Å². The van der Waals surface area contributed by atoms with Crippen LogP contribution in [0.2, 0.25) is 5.02 Å². The molecule has 0 fully saturated rings. The number of amides is 1. The Morgan fingerprint density at radius 2 is 2.12 bits per heavy atom. The Balaban J connectivity index is 1.76. The normalized spacial score (nSPS) is 11.2. The molecule has 1 aromatic carbocycles. The summed E-state index contributed by atoms with van der Waals surface area (Å²) in [7, 11) is 1.63. The molecular formula is C20H24ClN7O4S. The van der Waals surface area contributed by atoms with E-state index in [1.54, 1.807) is 18.0 Å². The Kier molecular flexibility index (Phi) is 8.42. The third-order valence-corrected chi connectivity index (χ3v) is 5.62. The van der Waals surface area contributed by atoms with Gasteiger partial charge in [0.25, 0.3) is 11.6 Å². The molecule has 1 amide bonds. The Hall–Kier alpha value is -2.96. The molecule has 0 aliphatic rings. The number of fused-ring (bicyclic) bond motifs is 1. The van der Waals surface area contributed by atoms with Gasteiger partial charge >= 0.3 is 0 Å². The minimum Gasteiger partial charge on any atom is -0.383 e. The van der Waals surface area contributed by atoms with E-state index in [1.807, 2.05) is 0 Å². The molecule has 2 aromatic heterocycles. The maximum Gasteiger partial charge on any atom is 0.270 e. The highest BCUT2D eigenvalue weighted by Crippen LogP contribution is 2.26. The molecule has 0 saturated heterocycles. The largest absolute Gasteiger partial charge is 0.383 e. The number of nitro groups is 1. The number of methoxy groups -OCH3 is 1. The number of nitro benzene ring substituents is 1. The quantitative estimate of drug-likeness (QED) is 0.135. The predicted octanol–water partition coefficient (Wildman–Crippen LogP) is 3.38. The van der Waals surface area contributed by atoms with Gasteiger partial charge in [-0.25, -0.2) is 14.6 Å². The summed E-state index contributed by atoms with van der Waals surface area (Å²) in [6.07, 6.45) is 1.67. The molecule has 0 aliphatic carbocycles. The van der Waals surface area contributed by atoms with E-state index >= 15 is 0 Å². The molecule has 11 nitrogen and oxygen atoms in total. The fourth-order valence-electron chi connectivity index (χ4n) is 2.94. The van der Waals surface area contributed by atoms with Gasteiger partial charge in [0.2, 0.25) is 0 Å². The van der Waals surface area contributed by atoms with Crippen molar-refractivity contribution in [3.05, 3.63) is 45.1 Å². The minimum absolute atomic E-state index is 0.0405. The summed E-state index contributed by atoms with van der Waals surface area (Å²) >= 11 is 7.58. The highest BCUT2D eigenvalue weighted by Gasteiger charge is 2.17. The van der Waals surface area contributed by atoms with Crippen molar-refractivity contribution in [1.82, 2.24) is 25.1 Å². The molecule has 0 aliphatic heterocycles. The molecule has 0 saturated carbocycles. The van der Waals surface area contributed by atoms with Crippen LogP contribution in [-0.4, -0.2) is 62.6 Å². The van der Waals surface area contributed by atoms with Crippen LogP contribution < -0.4 is 10.6 Å². The van der Waals surface area contributed by atoms with Gasteiger partial charge in [-0.2, -0.15) is 5.10 Å². The zero-order valence-corrected chi connectivity index (χ0v) is 19.9. The third-order valence-electron chi connectivity index (χ3n) is 4.43. The van der Waals surface area contributed by atoms with Gasteiger partial charge in [-0.05, 0) is 6.07 Å². The summed E-state index contributed by atoms with van der Waals surface area (Å²) in [4.78, 5) is 32.1. The lowest BCUT2D eigenvalue weighted by molar-refractivity contribution is -0.384. The first kappa shape index (κ1) is 24.7. The average molecular weight is 494 g/mol. The summed E-state index contributed by atoms with van der Waals surface area (Å²) in [6, 6.07) is 3.74. The SMILES string of the molecule is COCCNc1nc(SC(C)C)nc2c1cnn2CCNC(=O)c1cc([N+](=O)[O-])ccc1Cl. The van der Waals surface area contributed by atoms with Crippen molar-refractivity contribution in [2.45, 2.75) is 30.8 Å². The number of ether oxygens (including phenoxy) is 1. The number of carbonyl (C=O) groups is 1. The van der Waals surface area contributed by atoms with Crippen molar-refractivity contribution in [3.63, 3.8) is 0 Å². The summed E-state index contributed by atoms with van der Waals surface area (Å²) in [5.74, 6) is 0.159. The van der Waals surface area contributed by atoms with Crippen LogP contribution in [0.5, 0.6) is 0 Å². The lowest BCUT2D eigenvalue weighted by atomic mass is 10.2.